The summed E-state index contributed by atoms with van der Waals surface area (Å²) in [5.74, 6) is -1.26. The molecule has 3 aliphatic rings. The summed E-state index contributed by atoms with van der Waals surface area (Å²) < 4.78 is 48.9. The highest BCUT2D eigenvalue weighted by molar-refractivity contribution is 5.69. The van der Waals surface area contributed by atoms with Crippen molar-refractivity contribution in [2.75, 3.05) is 13.2 Å². The fraction of sp³-hybridized carbons (Fsp3) is 0.618. The lowest BCUT2D eigenvalue weighted by Gasteiger charge is -2.49. The minimum Gasteiger partial charge on any atom is -0.454 e. The largest absolute Gasteiger partial charge is 0.454 e. The number of aliphatic hydroxyl groups excluding tert-OH is 1. The third-order valence-corrected chi connectivity index (χ3v) is 8.01. The molecule has 10 heteroatoms. The first-order valence-corrected chi connectivity index (χ1v) is 15.8. The molecule has 3 saturated heterocycles. The van der Waals surface area contributed by atoms with Crippen molar-refractivity contribution < 1.29 is 47.8 Å². The quantitative estimate of drug-likeness (QED) is 0.174. The lowest BCUT2D eigenvalue weighted by Crippen LogP contribution is -2.64. The normalized spacial score (nSPS) is 30.4. The second-order valence-corrected chi connectivity index (χ2v) is 12.0. The molecule has 0 bridgehead atoms. The van der Waals surface area contributed by atoms with Crippen LogP contribution in [0.25, 0.3) is 0 Å². The summed E-state index contributed by atoms with van der Waals surface area (Å²) in [6, 6.07) is 19.4. The summed E-state index contributed by atoms with van der Waals surface area (Å²) in [7, 11) is 0. The average Bonchev–Trinajstić information content (AvgIpc) is 3.41. The Kier molecular flexibility index (Phi) is 11.8. The fourth-order valence-electron chi connectivity index (χ4n) is 5.68. The lowest BCUT2D eigenvalue weighted by atomic mass is 9.97. The molecule has 242 valence electrons. The number of hydrogen-bond acceptors (Lipinski definition) is 10. The van der Waals surface area contributed by atoms with Gasteiger partial charge in [-0.25, -0.2) is 0 Å². The van der Waals surface area contributed by atoms with E-state index in [1.807, 2.05) is 60.7 Å². The number of rotatable bonds is 14. The Morgan fingerprint density at radius 3 is 2.39 bits per heavy atom. The van der Waals surface area contributed by atoms with E-state index >= 15 is 0 Å². The first-order valence-electron chi connectivity index (χ1n) is 15.8. The molecule has 1 N–H and O–H groups in total. The monoisotopic (exact) mass is 614 g/mol. The second kappa shape index (κ2) is 15.7. The molecule has 0 amide bonds. The van der Waals surface area contributed by atoms with Crippen LogP contribution in [0.3, 0.4) is 0 Å². The summed E-state index contributed by atoms with van der Waals surface area (Å²) >= 11 is 0. The van der Waals surface area contributed by atoms with Crippen LogP contribution in [0.5, 0.6) is 0 Å². The second-order valence-electron chi connectivity index (χ2n) is 12.0. The Morgan fingerprint density at radius 1 is 0.955 bits per heavy atom. The number of esters is 1. The fourth-order valence-corrected chi connectivity index (χ4v) is 5.68. The van der Waals surface area contributed by atoms with Crippen molar-refractivity contribution in [3.8, 4) is 0 Å². The topological polar surface area (TPSA) is 111 Å². The zero-order chi connectivity index (χ0) is 30.9. The van der Waals surface area contributed by atoms with E-state index in [-0.39, 0.29) is 26.2 Å². The van der Waals surface area contributed by atoms with E-state index in [4.69, 9.17) is 37.9 Å². The van der Waals surface area contributed by atoms with Crippen LogP contribution >= 0.6 is 0 Å². The lowest BCUT2D eigenvalue weighted by molar-refractivity contribution is -0.386. The van der Waals surface area contributed by atoms with Crippen molar-refractivity contribution in [2.45, 2.75) is 121 Å². The molecule has 2 aromatic carbocycles. The smallest absolute Gasteiger partial charge is 0.306 e. The third-order valence-electron chi connectivity index (χ3n) is 8.01. The molecular weight excluding hydrogens is 568 g/mol. The van der Waals surface area contributed by atoms with Crippen LogP contribution in [0, 0.1) is 0 Å². The molecule has 0 aliphatic carbocycles. The molecule has 0 saturated carbocycles. The maximum Gasteiger partial charge on any atom is 0.306 e. The summed E-state index contributed by atoms with van der Waals surface area (Å²) in [6.45, 7) is 6.23. The number of unbranched alkanes of at least 4 members (excludes halogenated alkanes) is 4. The van der Waals surface area contributed by atoms with E-state index in [0.29, 0.717) is 6.42 Å². The van der Waals surface area contributed by atoms with Gasteiger partial charge in [-0.05, 0) is 25.8 Å². The van der Waals surface area contributed by atoms with Crippen molar-refractivity contribution >= 4 is 5.97 Å². The predicted molar refractivity (Wildman–Crippen MR) is 159 cm³/mol. The molecule has 5 rings (SSSR count). The molecule has 3 aliphatic heterocycles. The van der Waals surface area contributed by atoms with Gasteiger partial charge in [0.15, 0.2) is 24.5 Å². The van der Waals surface area contributed by atoms with Gasteiger partial charge in [0.05, 0.1) is 19.8 Å². The van der Waals surface area contributed by atoms with Crippen molar-refractivity contribution in [3.63, 3.8) is 0 Å². The van der Waals surface area contributed by atoms with Crippen LogP contribution in [0.1, 0.15) is 76.7 Å². The van der Waals surface area contributed by atoms with Gasteiger partial charge >= 0.3 is 5.97 Å². The molecule has 3 fully saturated rings. The first kappa shape index (κ1) is 33.0. The molecule has 3 heterocycles. The zero-order valence-corrected chi connectivity index (χ0v) is 25.9. The SMILES string of the molecule is CCCCCCCC(=O)O[C@@H]1[C@H](OC(O)C2COC(C)(C)O2)O[C@@H]2COC(c3ccccc3)O[C@H]2[C@@H]1OCc1ccccc1. The Morgan fingerprint density at radius 2 is 1.68 bits per heavy atom. The van der Waals surface area contributed by atoms with Crippen LogP contribution in [0.4, 0.5) is 0 Å². The molecule has 44 heavy (non-hydrogen) atoms. The Balaban J connectivity index is 1.38. The van der Waals surface area contributed by atoms with Gasteiger partial charge in [0, 0.05) is 12.0 Å². The first-order chi connectivity index (χ1) is 21.3. The molecule has 10 nitrogen and oxygen atoms in total. The summed E-state index contributed by atoms with van der Waals surface area (Å²) in [5, 5.41) is 11.0. The third kappa shape index (κ3) is 8.86. The van der Waals surface area contributed by atoms with Gasteiger partial charge in [-0.2, -0.15) is 0 Å². The Hall–Kier alpha value is -2.41. The van der Waals surface area contributed by atoms with E-state index in [1.165, 1.54) is 0 Å². The molecule has 3 unspecified atom stereocenters. The zero-order valence-electron chi connectivity index (χ0n) is 25.9. The number of aliphatic hydroxyl groups is 1. The highest BCUT2D eigenvalue weighted by Gasteiger charge is 2.54. The van der Waals surface area contributed by atoms with Crippen molar-refractivity contribution in [3.05, 3.63) is 71.8 Å². The van der Waals surface area contributed by atoms with Gasteiger partial charge in [-0.15, -0.1) is 0 Å². The highest BCUT2D eigenvalue weighted by Crippen LogP contribution is 2.38. The Bertz CT molecular complexity index is 1150. The number of carbonyl (C=O) groups is 1. The number of carbonyl (C=O) groups excluding carboxylic acids is 1. The standard InChI is InChI=1S/C34H46O10/c1-4-5-6-7-14-19-27(35)41-30-29(37-20-23-15-10-8-11-16-23)28-25(21-38-32(42-28)24-17-12-9-13-18-24)40-33(30)43-31(36)26-22-39-34(2,3)44-26/h8-13,15-18,25-26,28-33,36H,4-7,14,19-22H2,1-3H3/t25-,26?,28-,29+,30+,31?,32?,33+/m1/s1. The van der Waals surface area contributed by atoms with Gasteiger partial charge in [-0.3, -0.25) is 4.79 Å². The van der Waals surface area contributed by atoms with Crippen molar-refractivity contribution in [2.24, 2.45) is 0 Å². The van der Waals surface area contributed by atoms with Crippen LogP contribution in [-0.4, -0.2) is 73.2 Å². The van der Waals surface area contributed by atoms with Crippen LogP contribution in [0.2, 0.25) is 0 Å². The van der Waals surface area contributed by atoms with Crippen molar-refractivity contribution in [1.82, 2.24) is 0 Å². The number of hydrogen-bond donors (Lipinski definition) is 1. The minimum absolute atomic E-state index is 0.133. The van der Waals surface area contributed by atoms with Gasteiger partial charge in [0.1, 0.15) is 24.4 Å². The predicted octanol–water partition coefficient (Wildman–Crippen LogP) is 5.17. The van der Waals surface area contributed by atoms with E-state index < -0.39 is 61.1 Å². The summed E-state index contributed by atoms with van der Waals surface area (Å²) in [4.78, 5) is 13.2. The van der Waals surface area contributed by atoms with Gasteiger partial charge in [-0.1, -0.05) is 93.3 Å². The van der Waals surface area contributed by atoms with Crippen LogP contribution < -0.4 is 0 Å². The summed E-state index contributed by atoms with van der Waals surface area (Å²) in [6.07, 6.45) is -1.89. The number of benzene rings is 2. The van der Waals surface area contributed by atoms with E-state index in [2.05, 4.69) is 6.92 Å². The Labute approximate surface area is 259 Å². The van der Waals surface area contributed by atoms with Gasteiger partial charge < -0.3 is 43.0 Å². The molecule has 0 radical (unpaired) electrons. The average molecular weight is 615 g/mol. The maximum atomic E-state index is 13.2. The number of fused-ring (bicyclic) bond motifs is 1. The summed E-state index contributed by atoms with van der Waals surface area (Å²) in [5.41, 5.74) is 1.79. The molecule has 0 aromatic heterocycles. The van der Waals surface area contributed by atoms with Gasteiger partial charge in [0.2, 0.25) is 6.29 Å². The van der Waals surface area contributed by atoms with E-state index in [0.717, 1.165) is 36.8 Å². The molecular formula is C34H46O10. The van der Waals surface area contributed by atoms with Crippen molar-refractivity contribution in [1.29, 1.82) is 0 Å². The number of ether oxygens (including phenoxy) is 8. The maximum absolute atomic E-state index is 13.2. The van der Waals surface area contributed by atoms with E-state index in [9.17, 15) is 9.90 Å². The van der Waals surface area contributed by atoms with Crippen LogP contribution in [0.15, 0.2) is 60.7 Å². The molecule has 2 aromatic rings. The van der Waals surface area contributed by atoms with Gasteiger partial charge in [0.25, 0.3) is 0 Å². The van der Waals surface area contributed by atoms with E-state index in [1.54, 1.807) is 13.8 Å². The minimum atomic E-state index is -1.41. The highest BCUT2D eigenvalue weighted by atomic mass is 16.8. The molecule has 8 atom stereocenters. The molecule has 0 spiro atoms. The van der Waals surface area contributed by atoms with Crippen LogP contribution in [-0.2, 0) is 49.3 Å².